The number of hydrogen-bond donors (Lipinski definition) is 2. The maximum atomic E-state index is 13.5. The minimum Gasteiger partial charge on any atom is -0.388 e. The van der Waals surface area contributed by atoms with E-state index in [9.17, 15) is 9.50 Å². The van der Waals surface area contributed by atoms with Crippen LogP contribution in [0.3, 0.4) is 0 Å². The second-order valence-electron chi connectivity index (χ2n) is 5.42. The number of fused-ring (bicyclic) bond motifs is 1. The molecular weight excluding hydrogens is 257 g/mol. The summed E-state index contributed by atoms with van der Waals surface area (Å²) in [6.45, 7) is 1.63. The van der Waals surface area contributed by atoms with Gasteiger partial charge < -0.3 is 15.7 Å². The highest BCUT2D eigenvalue weighted by molar-refractivity contribution is 5.92. The Labute approximate surface area is 117 Å². The largest absolute Gasteiger partial charge is 0.388 e. The van der Waals surface area contributed by atoms with Crippen molar-refractivity contribution in [3.8, 4) is 0 Å². The van der Waals surface area contributed by atoms with Crippen LogP contribution in [0.15, 0.2) is 30.5 Å². The molecule has 5 heteroatoms. The van der Waals surface area contributed by atoms with E-state index in [1.807, 2.05) is 6.07 Å². The third-order valence-electron chi connectivity index (χ3n) is 4.08. The summed E-state index contributed by atoms with van der Waals surface area (Å²) >= 11 is 0. The molecule has 1 aliphatic heterocycles. The summed E-state index contributed by atoms with van der Waals surface area (Å²) in [7, 11) is 0. The van der Waals surface area contributed by atoms with Crippen LogP contribution in [-0.2, 0) is 0 Å². The second kappa shape index (κ2) is 5.00. The molecule has 0 saturated carbocycles. The molecule has 0 atom stereocenters. The number of nitrogens with two attached hydrogens (primary N) is 1. The van der Waals surface area contributed by atoms with Crippen molar-refractivity contribution in [1.29, 1.82) is 0 Å². The quantitative estimate of drug-likeness (QED) is 0.875. The summed E-state index contributed by atoms with van der Waals surface area (Å²) in [5.74, 6) is 0.517. The molecule has 1 aromatic heterocycles. The van der Waals surface area contributed by atoms with Gasteiger partial charge in [0.2, 0.25) is 0 Å². The number of benzene rings is 1. The monoisotopic (exact) mass is 275 g/mol. The lowest BCUT2D eigenvalue weighted by Gasteiger charge is -2.38. The summed E-state index contributed by atoms with van der Waals surface area (Å²) in [5.41, 5.74) is 4.83. The van der Waals surface area contributed by atoms with Crippen molar-refractivity contribution in [3.63, 3.8) is 0 Å². The van der Waals surface area contributed by atoms with Crippen molar-refractivity contribution >= 4 is 16.6 Å². The first-order valence-corrected chi connectivity index (χ1v) is 6.83. The number of rotatable bonds is 2. The fourth-order valence-electron chi connectivity index (χ4n) is 2.72. The number of aromatic nitrogens is 1. The minimum absolute atomic E-state index is 0.262. The molecule has 0 bridgehead atoms. The zero-order valence-electron chi connectivity index (χ0n) is 11.2. The van der Waals surface area contributed by atoms with Gasteiger partial charge in [0.15, 0.2) is 0 Å². The molecule has 2 aromatic rings. The summed E-state index contributed by atoms with van der Waals surface area (Å²) in [6.07, 6.45) is 2.95. The average Bonchev–Trinajstić information content (AvgIpc) is 2.48. The number of pyridine rings is 1. The van der Waals surface area contributed by atoms with Gasteiger partial charge in [0.25, 0.3) is 0 Å². The Morgan fingerprint density at radius 2 is 2.05 bits per heavy atom. The predicted octanol–water partition coefficient (Wildman–Crippen LogP) is 1.66. The summed E-state index contributed by atoms with van der Waals surface area (Å²) in [4.78, 5) is 6.48. The van der Waals surface area contributed by atoms with Crippen LogP contribution in [0.5, 0.6) is 0 Å². The normalized spacial score (nSPS) is 18.4. The molecule has 1 aromatic carbocycles. The maximum Gasteiger partial charge on any atom is 0.136 e. The molecule has 0 radical (unpaired) electrons. The number of nitrogens with zero attached hydrogens (tertiary/aromatic N) is 2. The third kappa shape index (κ3) is 2.34. The standard InChI is InChI=1S/C15H18FN3O/c16-12-2-1-11-3-6-18-14(13(11)9-12)19-7-4-15(20,10-17)5-8-19/h1-3,6,9,20H,4-5,7-8,10,17H2. The Morgan fingerprint density at radius 1 is 1.30 bits per heavy atom. The molecule has 0 aliphatic carbocycles. The minimum atomic E-state index is -0.771. The summed E-state index contributed by atoms with van der Waals surface area (Å²) in [6, 6.07) is 6.60. The molecule has 106 valence electrons. The van der Waals surface area contributed by atoms with Crippen LogP contribution in [0.2, 0.25) is 0 Å². The van der Waals surface area contributed by atoms with Crippen LogP contribution >= 0.6 is 0 Å². The van der Waals surface area contributed by atoms with E-state index >= 15 is 0 Å². The molecule has 0 unspecified atom stereocenters. The molecule has 3 N–H and O–H groups in total. The van der Waals surface area contributed by atoms with E-state index in [0.29, 0.717) is 25.9 Å². The molecule has 1 fully saturated rings. The van der Waals surface area contributed by atoms with Gasteiger partial charge in [-0.25, -0.2) is 9.37 Å². The fourth-order valence-corrected chi connectivity index (χ4v) is 2.72. The second-order valence-corrected chi connectivity index (χ2v) is 5.42. The van der Waals surface area contributed by atoms with E-state index in [1.54, 1.807) is 12.3 Å². The zero-order chi connectivity index (χ0) is 14.2. The van der Waals surface area contributed by atoms with Crippen molar-refractivity contribution in [2.75, 3.05) is 24.5 Å². The van der Waals surface area contributed by atoms with Crippen molar-refractivity contribution in [2.45, 2.75) is 18.4 Å². The summed E-state index contributed by atoms with van der Waals surface area (Å²) in [5, 5.41) is 11.9. The van der Waals surface area contributed by atoms with Gasteiger partial charge in [-0.05, 0) is 36.4 Å². The first-order chi connectivity index (χ1) is 9.61. The van der Waals surface area contributed by atoms with E-state index < -0.39 is 5.60 Å². The van der Waals surface area contributed by atoms with Crippen molar-refractivity contribution in [1.82, 2.24) is 4.98 Å². The highest BCUT2D eigenvalue weighted by Crippen LogP contribution is 2.29. The van der Waals surface area contributed by atoms with Crippen LogP contribution in [-0.4, -0.2) is 35.3 Å². The number of piperidine rings is 1. The Balaban J connectivity index is 1.93. The van der Waals surface area contributed by atoms with Gasteiger partial charge >= 0.3 is 0 Å². The Bertz CT molecular complexity index is 624. The van der Waals surface area contributed by atoms with Gasteiger partial charge in [0.1, 0.15) is 11.6 Å². The Kier molecular flexibility index (Phi) is 3.31. The smallest absolute Gasteiger partial charge is 0.136 e. The predicted molar refractivity (Wildman–Crippen MR) is 77.2 cm³/mol. The van der Waals surface area contributed by atoms with Crippen LogP contribution in [0.1, 0.15) is 12.8 Å². The first kappa shape index (κ1) is 13.3. The average molecular weight is 275 g/mol. The lowest BCUT2D eigenvalue weighted by molar-refractivity contribution is 0.0249. The van der Waals surface area contributed by atoms with Gasteiger partial charge in [0, 0.05) is 31.2 Å². The molecule has 1 saturated heterocycles. The molecule has 2 heterocycles. The van der Waals surface area contributed by atoms with E-state index in [1.165, 1.54) is 12.1 Å². The highest BCUT2D eigenvalue weighted by atomic mass is 19.1. The van der Waals surface area contributed by atoms with Crippen LogP contribution in [0.4, 0.5) is 10.2 Å². The van der Waals surface area contributed by atoms with Crippen LogP contribution in [0, 0.1) is 5.82 Å². The summed E-state index contributed by atoms with van der Waals surface area (Å²) < 4.78 is 13.5. The van der Waals surface area contributed by atoms with E-state index in [-0.39, 0.29) is 12.4 Å². The van der Waals surface area contributed by atoms with Gasteiger partial charge in [0.05, 0.1) is 5.60 Å². The van der Waals surface area contributed by atoms with Crippen molar-refractivity contribution in [3.05, 3.63) is 36.3 Å². The Hall–Kier alpha value is -1.72. The van der Waals surface area contributed by atoms with Gasteiger partial charge in [-0.3, -0.25) is 0 Å². The molecule has 0 amide bonds. The van der Waals surface area contributed by atoms with Gasteiger partial charge in [-0.2, -0.15) is 0 Å². The van der Waals surface area contributed by atoms with Gasteiger partial charge in [-0.15, -0.1) is 0 Å². The van der Waals surface area contributed by atoms with Crippen molar-refractivity contribution in [2.24, 2.45) is 5.73 Å². The van der Waals surface area contributed by atoms with Crippen LogP contribution < -0.4 is 10.6 Å². The van der Waals surface area contributed by atoms with Crippen molar-refractivity contribution < 1.29 is 9.50 Å². The number of halogens is 1. The zero-order valence-corrected chi connectivity index (χ0v) is 11.2. The SMILES string of the molecule is NCC1(O)CCN(c2nccc3ccc(F)cc23)CC1. The number of aliphatic hydroxyl groups is 1. The van der Waals surface area contributed by atoms with Crippen LogP contribution in [0.25, 0.3) is 10.8 Å². The highest BCUT2D eigenvalue weighted by Gasteiger charge is 2.31. The molecular formula is C15H18FN3O. The molecule has 3 rings (SSSR count). The lowest BCUT2D eigenvalue weighted by atomic mass is 9.91. The Morgan fingerprint density at radius 3 is 2.75 bits per heavy atom. The maximum absolute atomic E-state index is 13.5. The molecule has 4 nitrogen and oxygen atoms in total. The van der Waals surface area contributed by atoms with E-state index in [2.05, 4.69) is 9.88 Å². The first-order valence-electron chi connectivity index (χ1n) is 6.83. The number of hydrogen-bond acceptors (Lipinski definition) is 4. The third-order valence-corrected chi connectivity index (χ3v) is 4.08. The van der Waals surface area contributed by atoms with E-state index in [4.69, 9.17) is 5.73 Å². The van der Waals surface area contributed by atoms with E-state index in [0.717, 1.165) is 16.6 Å². The molecule has 1 aliphatic rings. The van der Waals surface area contributed by atoms with Gasteiger partial charge in [-0.1, -0.05) is 6.07 Å². The lowest BCUT2D eigenvalue weighted by Crippen LogP contribution is -2.49. The topological polar surface area (TPSA) is 62.4 Å². The fraction of sp³-hybridized carbons (Fsp3) is 0.400. The molecule has 0 spiro atoms. The number of anilines is 1. The molecule has 20 heavy (non-hydrogen) atoms.